The zero-order valence-electron chi connectivity index (χ0n) is 12.5. The lowest BCUT2D eigenvalue weighted by Gasteiger charge is -2.09. The molecule has 5 nitrogen and oxygen atoms in total. The van der Waals surface area contributed by atoms with Gasteiger partial charge >= 0.3 is 0 Å². The summed E-state index contributed by atoms with van der Waals surface area (Å²) in [5.74, 6) is 1.12. The Bertz CT molecular complexity index is 590. The van der Waals surface area contributed by atoms with Crippen LogP contribution in [-0.4, -0.2) is 16.9 Å². The number of methoxy groups -OCH3 is 1. The first-order valence-electron chi connectivity index (χ1n) is 6.70. The monoisotopic (exact) mass is 274 g/mol. The molecule has 0 saturated carbocycles. The van der Waals surface area contributed by atoms with E-state index in [-0.39, 0.29) is 0 Å². The molecule has 2 rings (SSSR count). The van der Waals surface area contributed by atoms with E-state index in [9.17, 15) is 0 Å². The summed E-state index contributed by atoms with van der Waals surface area (Å²) in [4.78, 5) is 0. The zero-order chi connectivity index (χ0) is 14.7. The third kappa shape index (κ3) is 2.93. The van der Waals surface area contributed by atoms with Crippen molar-refractivity contribution in [2.24, 2.45) is 7.05 Å². The van der Waals surface area contributed by atoms with E-state index < -0.39 is 0 Å². The molecule has 3 N–H and O–H groups in total. The van der Waals surface area contributed by atoms with Gasteiger partial charge in [-0.1, -0.05) is 26.0 Å². The van der Waals surface area contributed by atoms with E-state index in [4.69, 9.17) is 10.5 Å². The summed E-state index contributed by atoms with van der Waals surface area (Å²) in [7, 11) is 3.58. The van der Waals surface area contributed by atoms with Gasteiger partial charge < -0.3 is 15.8 Å². The lowest BCUT2D eigenvalue weighted by atomic mass is 10.1. The van der Waals surface area contributed by atoms with E-state index in [1.165, 1.54) is 0 Å². The number of nitrogens with one attached hydrogen (secondary N) is 1. The molecule has 1 aromatic carbocycles. The molecule has 0 unspecified atom stereocenters. The first-order valence-corrected chi connectivity index (χ1v) is 6.70. The van der Waals surface area contributed by atoms with Gasteiger partial charge in [-0.15, -0.1) is 0 Å². The predicted octanol–water partition coefficient (Wildman–Crippen LogP) is 3.02. The molecule has 5 heteroatoms. The number of rotatable bonds is 5. The van der Waals surface area contributed by atoms with Crippen LogP contribution in [0.3, 0.4) is 0 Å². The van der Waals surface area contributed by atoms with Crippen LogP contribution < -0.4 is 11.1 Å². The molecule has 0 aliphatic carbocycles. The molecule has 0 aliphatic rings. The summed E-state index contributed by atoms with van der Waals surface area (Å²) in [5.41, 5.74) is 9.90. The molecule has 0 radical (unpaired) electrons. The molecule has 108 valence electrons. The van der Waals surface area contributed by atoms with Crippen LogP contribution in [0.15, 0.2) is 24.3 Å². The Hall–Kier alpha value is -2.01. The van der Waals surface area contributed by atoms with Crippen LogP contribution in [0.5, 0.6) is 0 Å². The Labute approximate surface area is 119 Å². The molecule has 0 amide bonds. The lowest BCUT2D eigenvalue weighted by Crippen LogP contribution is -2.01. The Morgan fingerprint density at radius 2 is 2.15 bits per heavy atom. The van der Waals surface area contributed by atoms with Crippen LogP contribution in [0.25, 0.3) is 0 Å². The second-order valence-electron chi connectivity index (χ2n) is 5.18. The minimum atomic E-state index is 0.302. The smallest absolute Gasteiger partial charge is 0.152 e. The number of ether oxygens (including phenoxy) is 1. The van der Waals surface area contributed by atoms with Crippen molar-refractivity contribution >= 4 is 17.2 Å². The number of hydrogen-bond acceptors (Lipinski definition) is 4. The van der Waals surface area contributed by atoms with Gasteiger partial charge in [0.05, 0.1) is 18.0 Å². The highest BCUT2D eigenvalue weighted by molar-refractivity contribution is 5.71. The highest BCUT2D eigenvalue weighted by Crippen LogP contribution is 2.30. The number of nitrogens with two attached hydrogens (primary N) is 1. The van der Waals surface area contributed by atoms with Gasteiger partial charge in [0.15, 0.2) is 5.82 Å². The summed E-state index contributed by atoms with van der Waals surface area (Å²) in [6.45, 7) is 4.76. The summed E-state index contributed by atoms with van der Waals surface area (Å²) in [5, 5.41) is 7.80. The zero-order valence-corrected chi connectivity index (χ0v) is 12.5. The maximum absolute atomic E-state index is 6.18. The van der Waals surface area contributed by atoms with Crippen molar-refractivity contribution in [1.82, 2.24) is 9.78 Å². The van der Waals surface area contributed by atoms with Gasteiger partial charge in [0.2, 0.25) is 0 Å². The Balaban J connectivity index is 2.28. The molecular weight excluding hydrogens is 252 g/mol. The second-order valence-corrected chi connectivity index (χ2v) is 5.18. The van der Waals surface area contributed by atoms with Gasteiger partial charge in [0.1, 0.15) is 0 Å². The van der Waals surface area contributed by atoms with E-state index >= 15 is 0 Å². The lowest BCUT2D eigenvalue weighted by molar-refractivity contribution is 0.185. The van der Waals surface area contributed by atoms with Crippen molar-refractivity contribution in [3.8, 4) is 0 Å². The molecule has 0 saturated heterocycles. The van der Waals surface area contributed by atoms with Gasteiger partial charge in [-0.25, -0.2) is 0 Å². The summed E-state index contributed by atoms with van der Waals surface area (Å²) < 4.78 is 6.93. The normalized spacial score (nSPS) is 11.1. The van der Waals surface area contributed by atoms with Crippen molar-refractivity contribution in [2.45, 2.75) is 26.4 Å². The van der Waals surface area contributed by atoms with Crippen molar-refractivity contribution < 1.29 is 4.74 Å². The fourth-order valence-corrected chi connectivity index (χ4v) is 2.18. The molecule has 0 spiro atoms. The number of hydrogen-bond donors (Lipinski definition) is 2. The molecule has 1 heterocycles. The number of aryl methyl sites for hydroxylation is 1. The van der Waals surface area contributed by atoms with E-state index in [0.29, 0.717) is 18.2 Å². The molecule has 0 fully saturated rings. The van der Waals surface area contributed by atoms with Crippen LogP contribution >= 0.6 is 0 Å². The first kappa shape index (κ1) is 14.4. The van der Waals surface area contributed by atoms with Crippen LogP contribution in [0.1, 0.15) is 31.0 Å². The van der Waals surface area contributed by atoms with Crippen molar-refractivity contribution in [3.63, 3.8) is 0 Å². The highest BCUT2D eigenvalue weighted by atomic mass is 16.5. The quantitative estimate of drug-likeness (QED) is 0.879. The van der Waals surface area contributed by atoms with Gasteiger partial charge in [0.25, 0.3) is 0 Å². The first-order chi connectivity index (χ1) is 9.52. The van der Waals surface area contributed by atoms with Gasteiger partial charge in [-0.3, -0.25) is 4.68 Å². The van der Waals surface area contributed by atoms with Crippen molar-refractivity contribution in [2.75, 3.05) is 18.2 Å². The molecular formula is C15H22N4O. The standard InChI is InChI=1S/C15H22N4O/c1-10(2)14-13(16)15(19(3)18-14)17-12-7-5-6-11(8-12)9-20-4/h5-8,10,17H,9,16H2,1-4H3. The second kappa shape index (κ2) is 5.96. The van der Waals surface area contributed by atoms with Gasteiger partial charge in [0, 0.05) is 19.8 Å². The van der Waals surface area contributed by atoms with E-state index in [1.54, 1.807) is 11.8 Å². The Kier molecular flexibility index (Phi) is 4.29. The highest BCUT2D eigenvalue weighted by Gasteiger charge is 2.15. The average molecular weight is 274 g/mol. The number of anilines is 3. The minimum absolute atomic E-state index is 0.302. The number of nitrogen functional groups attached to an aromatic ring is 1. The molecule has 20 heavy (non-hydrogen) atoms. The van der Waals surface area contributed by atoms with Gasteiger partial charge in [-0.05, 0) is 23.6 Å². The summed E-state index contributed by atoms with van der Waals surface area (Å²) in [6, 6.07) is 8.07. The fourth-order valence-electron chi connectivity index (χ4n) is 2.18. The predicted molar refractivity (Wildman–Crippen MR) is 82.1 cm³/mol. The molecule has 0 aliphatic heterocycles. The Morgan fingerprint density at radius 3 is 2.75 bits per heavy atom. The van der Waals surface area contributed by atoms with Crippen LogP contribution in [0, 0.1) is 0 Å². The SMILES string of the molecule is COCc1cccc(Nc2c(N)c(C(C)C)nn2C)c1. The van der Waals surface area contributed by atoms with Crippen molar-refractivity contribution in [3.05, 3.63) is 35.5 Å². The summed E-state index contributed by atoms with van der Waals surface area (Å²) >= 11 is 0. The van der Waals surface area contributed by atoms with Crippen LogP contribution in [0.2, 0.25) is 0 Å². The summed E-state index contributed by atoms with van der Waals surface area (Å²) in [6.07, 6.45) is 0. The number of nitrogens with zero attached hydrogens (tertiary/aromatic N) is 2. The largest absolute Gasteiger partial charge is 0.394 e. The van der Waals surface area contributed by atoms with E-state index in [1.807, 2.05) is 31.3 Å². The maximum atomic E-state index is 6.18. The van der Waals surface area contributed by atoms with Crippen molar-refractivity contribution in [1.29, 1.82) is 0 Å². The van der Waals surface area contributed by atoms with Crippen LogP contribution in [-0.2, 0) is 18.4 Å². The van der Waals surface area contributed by atoms with Gasteiger partial charge in [-0.2, -0.15) is 5.10 Å². The maximum Gasteiger partial charge on any atom is 0.152 e. The third-order valence-corrected chi connectivity index (χ3v) is 3.16. The average Bonchev–Trinajstić information content (AvgIpc) is 2.68. The molecule has 0 atom stereocenters. The molecule has 2 aromatic rings. The molecule has 0 bridgehead atoms. The van der Waals surface area contributed by atoms with Crippen LogP contribution in [0.4, 0.5) is 17.2 Å². The number of aromatic nitrogens is 2. The van der Waals surface area contributed by atoms with E-state index in [0.717, 1.165) is 22.8 Å². The topological polar surface area (TPSA) is 65.1 Å². The minimum Gasteiger partial charge on any atom is -0.394 e. The van der Waals surface area contributed by atoms with E-state index in [2.05, 4.69) is 24.3 Å². The fraction of sp³-hybridized carbons (Fsp3) is 0.400. The Morgan fingerprint density at radius 1 is 1.40 bits per heavy atom. The third-order valence-electron chi connectivity index (χ3n) is 3.16. The number of benzene rings is 1. The molecule has 1 aromatic heterocycles.